The second-order valence-electron chi connectivity index (χ2n) is 7.59. The summed E-state index contributed by atoms with van der Waals surface area (Å²) in [5.74, 6) is -0.486. The molecule has 1 N–H and O–H groups in total. The summed E-state index contributed by atoms with van der Waals surface area (Å²) in [7, 11) is -2.46. The van der Waals surface area contributed by atoms with E-state index in [0.29, 0.717) is 12.1 Å². The number of amides is 2. The van der Waals surface area contributed by atoms with Crippen molar-refractivity contribution in [2.24, 2.45) is 0 Å². The van der Waals surface area contributed by atoms with E-state index in [9.17, 15) is 18.0 Å². The van der Waals surface area contributed by atoms with Gasteiger partial charge in [-0.05, 0) is 61.2 Å². The van der Waals surface area contributed by atoms with Gasteiger partial charge in [-0.1, -0.05) is 19.1 Å². The van der Waals surface area contributed by atoms with E-state index in [1.54, 1.807) is 29.2 Å². The second kappa shape index (κ2) is 8.57. The number of carbonyl (C=O) groups is 2. The fourth-order valence-electron chi connectivity index (χ4n) is 3.74. The predicted octanol–water partition coefficient (Wildman–Crippen LogP) is 2.81. The summed E-state index contributed by atoms with van der Waals surface area (Å²) in [6.45, 7) is 5.17. The zero-order valence-electron chi connectivity index (χ0n) is 17.7. The van der Waals surface area contributed by atoms with Crippen LogP contribution in [0.3, 0.4) is 0 Å². The Morgan fingerprint density at radius 1 is 1.17 bits per heavy atom. The maximum atomic E-state index is 13.0. The number of carbonyl (C=O) groups excluding carboxylic acids is 2. The van der Waals surface area contributed by atoms with Gasteiger partial charge in [-0.3, -0.25) is 9.59 Å². The van der Waals surface area contributed by atoms with Crippen LogP contribution in [-0.2, 0) is 32.5 Å². The van der Waals surface area contributed by atoms with Crippen LogP contribution in [0.5, 0.6) is 0 Å². The van der Waals surface area contributed by atoms with E-state index in [-0.39, 0.29) is 23.4 Å². The molecule has 0 spiro atoms. The van der Waals surface area contributed by atoms with Gasteiger partial charge in [-0.15, -0.1) is 0 Å². The molecule has 2 aromatic carbocycles. The molecule has 0 radical (unpaired) electrons. The molecule has 1 heterocycles. The first-order chi connectivity index (χ1) is 14.1. The van der Waals surface area contributed by atoms with Crippen molar-refractivity contribution in [3.8, 4) is 0 Å². The highest BCUT2D eigenvalue weighted by atomic mass is 32.2. The smallest absolute Gasteiger partial charge is 0.243 e. The fourth-order valence-corrected chi connectivity index (χ4v) is 4.92. The van der Waals surface area contributed by atoms with Crippen LogP contribution in [-0.4, -0.2) is 44.2 Å². The maximum Gasteiger partial charge on any atom is 0.243 e. The summed E-state index contributed by atoms with van der Waals surface area (Å²) in [5.41, 5.74) is 3.33. The monoisotopic (exact) mass is 429 g/mol. The molecule has 7 nitrogen and oxygen atoms in total. The summed E-state index contributed by atoms with van der Waals surface area (Å²) in [4.78, 5) is 26.0. The lowest BCUT2D eigenvalue weighted by Crippen LogP contribution is -2.35. The van der Waals surface area contributed by atoms with Gasteiger partial charge in [-0.2, -0.15) is 4.31 Å². The van der Waals surface area contributed by atoms with Crippen LogP contribution in [0.4, 0.5) is 11.4 Å². The van der Waals surface area contributed by atoms with Crippen LogP contribution in [0.2, 0.25) is 0 Å². The van der Waals surface area contributed by atoms with Crippen molar-refractivity contribution in [1.29, 1.82) is 0 Å². The largest absolute Gasteiger partial charge is 0.325 e. The number of hydrogen-bond acceptors (Lipinski definition) is 4. The van der Waals surface area contributed by atoms with Crippen LogP contribution < -0.4 is 10.2 Å². The molecule has 0 saturated carbocycles. The van der Waals surface area contributed by atoms with Crippen LogP contribution >= 0.6 is 0 Å². The lowest BCUT2D eigenvalue weighted by molar-refractivity contribution is -0.117. The number of rotatable bonds is 6. The molecule has 1 atom stereocenters. The van der Waals surface area contributed by atoms with Gasteiger partial charge in [0.2, 0.25) is 21.8 Å². The van der Waals surface area contributed by atoms with Gasteiger partial charge in [0, 0.05) is 31.4 Å². The van der Waals surface area contributed by atoms with E-state index < -0.39 is 15.9 Å². The molecule has 2 aromatic rings. The van der Waals surface area contributed by atoms with E-state index in [1.165, 1.54) is 20.0 Å². The van der Waals surface area contributed by atoms with E-state index in [1.807, 2.05) is 26.0 Å². The molecule has 1 unspecified atom stereocenters. The maximum absolute atomic E-state index is 13.0. The number of nitrogens with zero attached hydrogens (tertiary/aromatic N) is 2. The molecule has 2 amide bonds. The van der Waals surface area contributed by atoms with Gasteiger partial charge in [0.15, 0.2) is 0 Å². The lowest BCUT2D eigenvalue weighted by Gasteiger charge is -2.21. The average Bonchev–Trinajstić information content (AvgIpc) is 3.03. The highest BCUT2D eigenvalue weighted by Gasteiger charge is 2.31. The van der Waals surface area contributed by atoms with Crippen molar-refractivity contribution >= 4 is 33.2 Å². The van der Waals surface area contributed by atoms with Crippen molar-refractivity contribution in [1.82, 2.24) is 4.31 Å². The van der Waals surface area contributed by atoms with Crippen molar-refractivity contribution in [2.75, 3.05) is 23.8 Å². The van der Waals surface area contributed by atoms with Gasteiger partial charge in [0.05, 0.1) is 11.4 Å². The zero-order valence-corrected chi connectivity index (χ0v) is 18.5. The summed E-state index contributed by atoms with van der Waals surface area (Å²) < 4.78 is 27.0. The topological polar surface area (TPSA) is 86.8 Å². The third-order valence-electron chi connectivity index (χ3n) is 5.33. The van der Waals surface area contributed by atoms with E-state index >= 15 is 0 Å². The van der Waals surface area contributed by atoms with Crippen LogP contribution in [0.25, 0.3) is 0 Å². The highest BCUT2D eigenvalue weighted by Crippen LogP contribution is 2.34. The predicted molar refractivity (Wildman–Crippen MR) is 117 cm³/mol. The van der Waals surface area contributed by atoms with Gasteiger partial charge in [0.25, 0.3) is 0 Å². The normalized spacial score (nSPS) is 15.9. The molecule has 0 bridgehead atoms. The van der Waals surface area contributed by atoms with Gasteiger partial charge in [0.1, 0.15) is 0 Å². The molecule has 0 fully saturated rings. The molecule has 3 rings (SSSR count). The second-order valence-corrected chi connectivity index (χ2v) is 9.64. The Morgan fingerprint density at radius 2 is 1.83 bits per heavy atom. The Bertz CT molecular complexity index is 1060. The summed E-state index contributed by atoms with van der Waals surface area (Å²) >= 11 is 0. The summed E-state index contributed by atoms with van der Waals surface area (Å²) in [6, 6.07) is 12.2. The van der Waals surface area contributed by atoms with E-state index in [2.05, 4.69) is 5.32 Å². The molecule has 0 aliphatic carbocycles. The quantitative estimate of drug-likeness (QED) is 0.765. The number of fused-ring (bicyclic) bond motifs is 1. The SMILES string of the molecule is CCc1ccc(NC(=O)CN(C)S(=O)(=O)c2ccc3c(c2)CC(C)N3C(C)=O)cc1. The van der Waals surface area contributed by atoms with Gasteiger partial charge >= 0.3 is 0 Å². The Balaban J connectivity index is 1.72. The fraction of sp³-hybridized carbons (Fsp3) is 0.364. The van der Waals surface area contributed by atoms with E-state index in [0.717, 1.165) is 27.5 Å². The molecule has 1 aliphatic heterocycles. The van der Waals surface area contributed by atoms with Crippen molar-refractivity contribution in [3.63, 3.8) is 0 Å². The minimum Gasteiger partial charge on any atom is -0.325 e. The molecule has 30 heavy (non-hydrogen) atoms. The third kappa shape index (κ3) is 4.39. The minimum absolute atomic E-state index is 0.0157. The molecular weight excluding hydrogens is 402 g/mol. The standard InChI is InChI=1S/C22H27N3O4S/c1-5-17-6-8-19(9-7-17)23-22(27)14-24(4)30(28,29)20-10-11-21-18(13-20)12-15(2)25(21)16(3)26/h6-11,13,15H,5,12,14H2,1-4H3,(H,23,27). The molecule has 0 aromatic heterocycles. The van der Waals surface area contributed by atoms with Gasteiger partial charge < -0.3 is 10.2 Å². The summed E-state index contributed by atoms with van der Waals surface area (Å²) in [5, 5.41) is 2.72. The average molecular weight is 430 g/mol. The first-order valence-corrected chi connectivity index (χ1v) is 11.3. The van der Waals surface area contributed by atoms with E-state index in [4.69, 9.17) is 0 Å². The first kappa shape index (κ1) is 22.0. The minimum atomic E-state index is -3.84. The van der Waals surface area contributed by atoms with Crippen molar-refractivity contribution in [2.45, 2.75) is 44.6 Å². The number of anilines is 2. The Hall–Kier alpha value is -2.71. The number of nitrogens with one attached hydrogen (secondary N) is 1. The van der Waals surface area contributed by atoms with Crippen molar-refractivity contribution < 1.29 is 18.0 Å². The van der Waals surface area contributed by atoms with Gasteiger partial charge in [-0.25, -0.2) is 8.42 Å². The lowest BCUT2D eigenvalue weighted by atomic mass is 10.1. The summed E-state index contributed by atoms with van der Waals surface area (Å²) in [6.07, 6.45) is 1.50. The Kier molecular flexibility index (Phi) is 6.28. The third-order valence-corrected chi connectivity index (χ3v) is 7.13. The van der Waals surface area contributed by atoms with Crippen LogP contribution in [0.15, 0.2) is 47.4 Å². The number of sulfonamides is 1. The number of benzene rings is 2. The number of aryl methyl sites for hydroxylation is 1. The molecule has 1 aliphatic rings. The van der Waals surface area contributed by atoms with Crippen LogP contribution in [0, 0.1) is 0 Å². The zero-order chi connectivity index (χ0) is 22.1. The van der Waals surface area contributed by atoms with Crippen molar-refractivity contribution in [3.05, 3.63) is 53.6 Å². The highest BCUT2D eigenvalue weighted by molar-refractivity contribution is 7.89. The molecule has 0 saturated heterocycles. The molecule has 160 valence electrons. The van der Waals surface area contributed by atoms with Crippen LogP contribution in [0.1, 0.15) is 31.9 Å². The molecule has 8 heteroatoms. The Morgan fingerprint density at radius 3 is 2.43 bits per heavy atom. The number of hydrogen-bond donors (Lipinski definition) is 1. The number of likely N-dealkylation sites (N-methyl/N-ethyl adjacent to an activating group) is 1. The molecular formula is C22H27N3O4S. The first-order valence-electron chi connectivity index (χ1n) is 9.91. The Labute approximate surface area is 177 Å².